The first-order valence-corrected chi connectivity index (χ1v) is 8.59. The number of ether oxygens (including phenoxy) is 4. The summed E-state index contributed by atoms with van der Waals surface area (Å²) in [6, 6.07) is 2.61. The van der Waals surface area contributed by atoms with Crippen molar-refractivity contribution in [2.75, 3.05) is 20.8 Å². The van der Waals surface area contributed by atoms with Crippen LogP contribution in [0.15, 0.2) is 12.1 Å². The van der Waals surface area contributed by atoms with Gasteiger partial charge in [0.25, 0.3) is 5.69 Å². The highest BCUT2D eigenvalue weighted by Crippen LogP contribution is 2.34. The third-order valence-electron chi connectivity index (χ3n) is 3.40. The summed E-state index contributed by atoms with van der Waals surface area (Å²) in [6.07, 6.45) is -0.190. The smallest absolute Gasteiger partial charge is 0.407 e. The SMILES string of the molecule is COc1cc(COC(=O)CCCNC(=O)OC(C)(C)C)c([N+](=O)[O-])cc1OC. The molecule has 0 unspecified atom stereocenters. The van der Waals surface area contributed by atoms with E-state index in [4.69, 9.17) is 18.9 Å². The Morgan fingerprint density at radius 3 is 2.29 bits per heavy atom. The summed E-state index contributed by atoms with van der Waals surface area (Å²) in [5, 5.41) is 13.8. The van der Waals surface area contributed by atoms with Gasteiger partial charge < -0.3 is 24.3 Å². The molecule has 0 aromatic heterocycles. The lowest BCUT2D eigenvalue weighted by Crippen LogP contribution is -2.33. The van der Waals surface area contributed by atoms with Crippen molar-refractivity contribution >= 4 is 17.7 Å². The van der Waals surface area contributed by atoms with Crippen LogP contribution in [0.5, 0.6) is 11.5 Å². The van der Waals surface area contributed by atoms with Crippen molar-refractivity contribution < 1.29 is 33.5 Å². The number of amides is 1. The van der Waals surface area contributed by atoms with Gasteiger partial charge in [-0.1, -0.05) is 0 Å². The van der Waals surface area contributed by atoms with E-state index in [9.17, 15) is 19.7 Å². The van der Waals surface area contributed by atoms with Gasteiger partial charge in [0, 0.05) is 13.0 Å². The number of carbonyl (C=O) groups excluding carboxylic acids is 2. The molecule has 1 amide bonds. The maximum absolute atomic E-state index is 11.9. The predicted octanol–water partition coefficient (Wildman–Crippen LogP) is 2.96. The van der Waals surface area contributed by atoms with Crippen LogP contribution in [0, 0.1) is 10.1 Å². The Bertz CT molecular complexity index is 712. The van der Waals surface area contributed by atoms with E-state index < -0.39 is 22.6 Å². The summed E-state index contributed by atoms with van der Waals surface area (Å²) in [6.45, 7) is 5.20. The third kappa shape index (κ3) is 7.68. The molecule has 156 valence electrons. The lowest BCUT2D eigenvalue weighted by Gasteiger charge is -2.19. The van der Waals surface area contributed by atoms with Crippen LogP contribution in [0.25, 0.3) is 0 Å². The quantitative estimate of drug-likeness (QED) is 0.291. The van der Waals surface area contributed by atoms with Crippen molar-refractivity contribution in [1.82, 2.24) is 5.32 Å². The molecule has 1 aromatic rings. The maximum atomic E-state index is 11.9. The Morgan fingerprint density at radius 1 is 1.14 bits per heavy atom. The van der Waals surface area contributed by atoms with Crippen molar-refractivity contribution in [2.24, 2.45) is 0 Å². The van der Waals surface area contributed by atoms with Gasteiger partial charge in [0.15, 0.2) is 11.5 Å². The molecule has 1 rings (SSSR count). The van der Waals surface area contributed by atoms with Gasteiger partial charge in [-0.05, 0) is 33.3 Å². The molecule has 10 heteroatoms. The minimum Gasteiger partial charge on any atom is -0.493 e. The normalized spacial score (nSPS) is 10.8. The highest BCUT2D eigenvalue weighted by molar-refractivity contribution is 5.70. The Kier molecular flexibility index (Phi) is 8.49. The first kappa shape index (κ1) is 23.0. The fourth-order valence-corrected chi connectivity index (χ4v) is 2.16. The number of benzene rings is 1. The number of hydrogen-bond donors (Lipinski definition) is 1. The second-order valence-electron chi connectivity index (χ2n) is 6.79. The lowest BCUT2D eigenvalue weighted by molar-refractivity contribution is -0.385. The summed E-state index contributed by atoms with van der Waals surface area (Å²) < 4.78 is 20.3. The van der Waals surface area contributed by atoms with Gasteiger partial charge in [-0.25, -0.2) is 4.79 Å². The van der Waals surface area contributed by atoms with E-state index in [1.165, 1.54) is 26.4 Å². The van der Waals surface area contributed by atoms with Crippen LogP contribution >= 0.6 is 0 Å². The maximum Gasteiger partial charge on any atom is 0.407 e. The average molecular weight is 398 g/mol. The number of methoxy groups -OCH3 is 2. The summed E-state index contributed by atoms with van der Waals surface area (Å²) >= 11 is 0. The van der Waals surface area contributed by atoms with E-state index in [1.54, 1.807) is 20.8 Å². The molecule has 0 spiro atoms. The first-order chi connectivity index (χ1) is 13.1. The number of rotatable bonds is 9. The number of nitrogens with one attached hydrogen (secondary N) is 1. The number of hydrogen-bond acceptors (Lipinski definition) is 8. The summed E-state index contributed by atoms with van der Waals surface area (Å²) in [7, 11) is 2.77. The zero-order valence-electron chi connectivity index (χ0n) is 16.7. The lowest BCUT2D eigenvalue weighted by atomic mass is 10.1. The molecule has 10 nitrogen and oxygen atoms in total. The molecule has 0 bridgehead atoms. The number of nitro groups is 1. The van der Waals surface area contributed by atoms with E-state index in [2.05, 4.69) is 5.32 Å². The first-order valence-electron chi connectivity index (χ1n) is 8.59. The summed E-state index contributed by atoms with van der Waals surface area (Å²) in [5.41, 5.74) is -0.656. The summed E-state index contributed by atoms with van der Waals surface area (Å²) in [4.78, 5) is 34.0. The molecule has 0 aliphatic carbocycles. The van der Waals surface area contributed by atoms with E-state index >= 15 is 0 Å². The van der Waals surface area contributed by atoms with Crippen LogP contribution in [0.4, 0.5) is 10.5 Å². The largest absolute Gasteiger partial charge is 0.493 e. The Balaban J connectivity index is 2.54. The zero-order chi connectivity index (χ0) is 21.3. The second kappa shape index (κ2) is 10.3. The van der Waals surface area contributed by atoms with Crippen LogP contribution in [-0.4, -0.2) is 43.4 Å². The fraction of sp³-hybridized carbons (Fsp3) is 0.556. The molecule has 0 saturated carbocycles. The van der Waals surface area contributed by atoms with Gasteiger partial charge >= 0.3 is 12.1 Å². The number of esters is 1. The number of carbonyl (C=O) groups is 2. The average Bonchev–Trinajstić information content (AvgIpc) is 2.61. The Hall–Kier alpha value is -3.04. The van der Waals surface area contributed by atoms with Crippen molar-refractivity contribution in [2.45, 2.75) is 45.8 Å². The van der Waals surface area contributed by atoms with Crippen LogP contribution in [0.1, 0.15) is 39.2 Å². The van der Waals surface area contributed by atoms with E-state index in [0.29, 0.717) is 12.2 Å². The van der Waals surface area contributed by atoms with Crippen molar-refractivity contribution in [1.29, 1.82) is 0 Å². The number of alkyl carbamates (subject to hydrolysis) is 1. The molecule has 0 heterocycles. The molecular weight excluding hydrogens is 372 g/mol. The molecule has 0 aliphatic rings. The van der Waals surface area contributed by atoms with Gasteiger partial charge in [-0.2, -0.15) is 0 Å². The van der Waals surface area contributed by atoms with Crippen molar-refractivity contribution in [3.05, 3.63) is 27.8 Å². The topological polar surface area (TPSA) is 126 Å². The standard InChI is InChI=1S/C18H26N2O8/c1-18(2,3)28-17(22)19-8-6-7-16(21)27-11-12-9-14(25-4)15(26-5)10-13(12)20(23)24/h9-10H,6-8,11H2,1-5H3,(H,19,22). The van der Waals surface area contributed by atoms with Gasteiger partial charge in [0.1, 0.15) is 12.2 Å². The van der Waals surface area contributed by atoms with Crippen molar-refractivity contribution in [3.8, 4) is 11.5 Å². The van der Waals surface area contributed by atoms with E-state index in [0.717, 1.165) is 0 Å². The zero-order valence-corrected chi connectivity index (χ0v) is 16.7. The van der Waals surface area contributed by atoms with Gasteiger partial charge in [-0.3, -0.25) is 14.9 Å². The predicted molar refractivity (Wildman–Crippen MR) is 99.5 cm³/mol. The number of nitro benzene ring substituents is 1. The van der Waals surface area contributed by atoms with Crippen LogP contribution < -0.4 is 14.8 Å². The van der Waals surface area contributed by atoms with E-state index in [1.807, 2.05) is 0 Å². The van der Waals surface area contributed by atoms with E-state index in [-0.39, 0.29) is 36.6 Å². The molecule has 0 radical (unpaired) electrons. The van der Waals surface area contributed by atoms with Gasteiger partial charge in [0.2, 0.25) is 0 Å². The Labute approximate surface area is 163 Å². The molecular formula is C18H26N2O8. The third-order valence-corrected chi connectivity index (χ3v) is 3.40. The fourth-order valence-electron chi connectivity index (χ4n) is 2.16. The second-order valence-corrected chi connectivity index (χ2v) is 6.79. The molecule has 0 aliphatic heterocycles. The van der Waals surface area contributed by atoms with Gasteiger partial charge in [0.05, 0.1) is 30.8 Å². The Morgan fingerprint density at radius 2 is 1.75 bits per heavy atom. The highest BCUT2D eigenvalue weighted by atomic mass is 16.6. The molecule has 0 atom stereocenters. The van der Waals surface area contributed by atoms with Crippen LogP contribution in [0.3, 0.4) is 0 Å². The minimum absolute atomic E-state index is 0.0386. The minimum atomic E-state index is -0.600. The molecule has 0 fully saturated rings. The molecule has 1 aromatic carbocycles. The van der Waals surface area contributed by atoms with Gasteiger partial charge in [-0.15, -0.1) is 0 Å². The van der Waals surface area contributed by atoms with Crippen molar-refractivity contribution in [3.63, 3.8) is 0 Å². The summed E-state index contributed by atoms with van der Waals surface area (Å²) in [5.74, 6) is -0.0479. The number of nitrogens with zero attached hydrogens (tertiary/aromatic N) is 1. The highest BCUT2D eigenvalue weighted by Gasteiger charge is 2.21. The molecule has 1 N–H and O–H groups in total. The monoisotopic (exact) mass is 398 g/mol. The molecule has 0 saturated heterocycles. The van der Waals surface area contributed by atoms with Crippen LogP contribution in [-0.2, 0) is 20.9 Å². The molecule has 28 heavy (non-hydrogen) atoms. The van der Waals surface area contributed by atoms with Crippen LogP contribution in [0.2, 0.25) is 0 Å².